The van der Waals surface area contributed by atoms with Crippen molar-refractivity contribution >= 4 is 23.3 Å². The van der Waals surface area contributed by atoms with Gasteiger partial charge in [0, 0.05) is 11.8 Å². The molecule has 1 N–H and O–H groups in total. The maximum Gasteiger partial charge on any atom is 0.573 e. The van der Waals surface area contributed by atoms with E-state index in [2.05, 4.69) is 15.2 Å². The summed E-state index contributed by atoms with van der Waals surface area (Å²) in [5, 5.41) is 6.54. The summed E-state index contributed by atoms with van der Waals surface area (Å²) in [6.07, 6.45) is -1.81. The Kier molecular flexibility index (Phi) is 4.16. The Balaban J connectivity index is 1.34. The molecular weight excluding hydrogens is 419 g/mol. The predicted molar refractivity (Wildman–Crippen MR) is 99.1 cm³/mol. The topological polar surface area (TPSA) is 93.9 Å². The molecular formula is C20H16F3N3O5. The molecule has 1 spiro atoms. The fourth-order valence-electron chi connectivity index (χ4n) is 4.44. The third kappa shape index (κ3) is 3.25. The van der Waals surface area contributed by atoms with Gasteiger partial charge >= 0.3 is 6.36 Å². The largest absolute Gasteiger partial charge is 0.573 e. The second kappa shape index (κ2) is 6.58. The number of carbonyl (C=O) groups excluding carboxylic acids is 2. The van der Waals surface area contributed by atoms with Crippen LogP contribution < -0.4 is 15.0 Å². The Morgan fingerprint density at radius 2 is 2.06 bits per heavy atom. The summed E-state index contributed by atoms with van der Waals surface area (Å²) < 4.78 is 51.8. The number of carbonyl (C=O) groups is 2. The Hall–Kier alpha value is -3.34. The molecule has 8 nitrogen and oxygen atoms in total. The molecule has 0 aliphatic carbocycles. The first-order chi connectivity index (χ1) is 14.7. The van der Waals surface area contributed by atoms with E-state index in [-0.39, 0.29) is 18.1 Å². The van der Waals surface area contributed by atoms with Gasteiger partial charge in [-0.25, -0.2) is 0 Å². The number of anilines is 2. The van der Waals surface area contributed by atoms with Gasteiger partial charge in [-0.3, -0.25) is 14.5 Å². The van der Waals surface area contributed by atoms with Gasteiger partial charge in [-0.2, -0.15) is 0 Å². The van der Waals surface area contributed by atoms with Crippen molar-refractivity contribution < 1.29 is 36.8 Å². The Bertz CT molecular complexity index is 1080. The first-order valence-electron chi connectivity index (χ1n) is 9.44. The molecule has 2 amide bonds. The summed E-state index contributed by atoms with van der Waals surface area (Å²) in [4.78, 5) is 27.6. The van der Waals surface area contributed by atoms with Crippen LogP contribution in [0.4, 0.5) is 24.7 Å². The predicted octanol–water partition coefficient (Wildman–Crippen LogP) is 2.81. The Morgan fingerprint density at radius 1 is 1.32 bits per heavy atom. The van der Waals surface area contributed by atoms with E-state index in [4.69, 9.17) is 9.26 Å². The number of benzene rings is 1. The number of fused-ring (bicyclic) bond motifs is 1. The van der Waals surface area contributed by atoms with Crippen molar-refractivity contribution in [1.29, 1.82) is 0 Å². The molecule has 5 rings (SSSR count). The molecule has 4 atom stereocenters. The van der Waals surface area contributed by atoms with Crippen LogP contribution in [0, 0.1) is 18.8 Å². The van der Waals surface area contributed by atoms with E-state index in [1.165, 1.54) is 17.0 Å². The lowest BCUT2D eigenvalue weighted by molar-refractivity contribution is -0.274. The summed E-state index contributed by atoms with van der Waals surface area (Å²) in [5.41, 5.74) is -0.657. The standard InChI is InChI=1S/C20H16F3N3O5/c1-10-8-14(25-31-10)26-9-19-7-6-13(30-19)15(16(19)18(26)28)17(27)24-11-2-4-12(5-3-11)29-20(21,22)23/h2-8,13,15-16H,9H2,1H3,(H,24,27)/t13-,15+,16+,19-/m1/s1. The molecule has 4 heterocycles. The zero-order chi connectivity index (χ0) is 22.0. The second-order valence-corrected chi connectivity index (χ2v) is 7.68. The van der Waals surface area contributed by atoms with Gasteiger partial charge in [0.25, 0.3) is 0 Å². The summed E-state index contributed by atoms with van der Waals surface area (Å²) in [6.45, 7) is 1.92. The van der Waals surface area contributed by atoms with Gasteiger partial charge in [0.15, 0.2) is 5.82 Å². The number of alkyl halides is 3. The van der Waals surface area contributed by atoms with Gasteiger partial charge in [-0.05, 0) is 31.2 Å². The molecule has 3 aliphatic rings. The lowest BCUT2D eigenvalue weighted by atomic mass is 9.77. The zero-order valence-electron chi connectivity index (χ0n) is 16.1. The van der Waals surface area contributed by atoms with Crippen LogP contribution >= 0.6 is 0 Å². The molecule has 2 saturated heterocycles. The van der Waals surface area contributed by atoms with E-state index in [1.807, 2.05) is 0 Å². The quantitative estimate of drug-likeness (QED) is 0.743. The van der Waals surface area contributed by atoms with E-state index in [0.717, 1.165) is 12.1 Å². The molecule has 0 saturated carbocycles. The van der Waals surface area contributed by atoms with Crippen LogP contribution in [0.1, 0.15) is 5.76 Å². The third-order valence-electron chi connectivity index (χ3n) is 5.65. The number of nitrogens with zero attached hydrogens (tertiary/aromatic N) is 2. The van der Waals surface area contributed by atoms with Crippen LogP contribution in [0.15, 0.2) is 47.0 Å². The van der Waals surface area contributed by atoms with Crippen LogP contribution in [0.2, 0.25) is 0 Å². The van der Waals surface area contributed by atoms with Gasteiger partial charge < -0.3 is 19.3 Å². The van der Waals surface area contributed by atoms with Crippen molar-refractivity contribution in [3.05, 3.63) is 48.2 Å². The highest BCUT2D eigenvalue weighted by Crippen LogP contribution is 2.52. The summed E-state index contributed by atoms with van der Waals surface area (Å²) in [6, 6.07) is 6.40. The summed E-state index contributed by atoms with van der Waals surface area (Å²) in [7, 11) is 0. The van der Waals surface area contributed by atoms with E-state index in [1.54, 1.807) is 25.1 Å². The number of amides is 2. The summed E-state index contributed by atoms with van der Waals surface area (Å²) >= 11 is 0. The first kappa shape index (κ1) is 19.6. The molecule has 0 unspecified atom stereocenters. The van der Waals surface area contributed by atoms with Gasteiger partial charge in [-0.1, -0.05) is 17.3 Å². The third-order valence-corrected chi connectivity index (χ3v) is 5.65. The number of nitrogens with one attached hydrogen (secondary N) is 1. The highest BCUT2D eigenvalue weighted by atomic mass is 19.4. The maximum absolute atomic E-state index is 13.2. The molecule has 11 heteroatoms. The average molecular weight is 435 g/mol. The van der Waals surface area contributed by atoms with Crippen LogP contribution in [0.5, 0.6) is 5.75 Å². The normalized spacial score (nSPS) is 28.8. The number of ether oxygens (including phenoxy) is 2. The Morgan fingerprint density at radius 3 is 2.71 bits per heavy atom. The van der Waals surface area contributed by atoms with Crippen molar-refractivity contribution in [2.45, 2.75) is 25.0 Å². The maximum atomic E-state index is 13.2. The number of aryl methyl sites for hydroxylation is 1. The van der Waals surface area contributed by atoms with Crippen molar-refractivity contribution in [2.75, 3.05) is 16.8 Å². The lowest BCUT2D eigenvalue weighted by Crippen LogP contribution is -2.41. The van der Waals surface area contributed by atoms with E-state index >= 15 is 0 Å². The SMILES string of the molecule is Cc1cc(N2C[C@@]34C=C[C@@H](O3)[C@H](C(=O)Nc3ccc(OC(F)(F)F)cc3)[C@H]4C2=O)no1. The lowest BCUT2D eigenvalue weighted by Gasteiger charge is -2.23. The van der Waals surface area contributed by atoms with E-state index in [0.29, 0.717) is 11.6 Å². The zero-order valence-corrected chi connectivity index (χ0v) is 16.1. The molecule has 162 valence electrons. The number of hydrogen-bond acceptors (Lipinski definition) is 6. The van der Waals surface area contributed by atoms with E-state index < -0.39 is 41.6 Å². The molecule has 2 bridgehead atoms. The van der Waals surface area contributed by atoms with Gasteiger partial charge in [0.2, 0.25) is 11.8 Å². The van der Waals surface area contributed by atoms with Crippen molar-refractivity contribution in [2.24, 2.45) is 11.8 Å². The number of halogens is 3. The number of aromatic nitrogens is 1. The molecule has 3 aliphatic heterocycles. The van der Waals surface area contributed by atoms with Gasteiger partial charge in [0.1, 0.15) is 17.1 Å². The van der Waals surface area contributed by atoms with Crippen molar-refractivity contribution in [3.63, 3.8) is 0 Å². The average Bonchev–Trinajstić information content (AvgIpc) is 3.43. The van der Waals surface area contributed by atoms with Crippen LogP contribution in [0.3, 0.4) is 0 Å². The smallest absolute Gasteiger partial charge is 0.406 e. The first-order valence-corrected chi connectivity index (χ1v) is 9.44. The van der Waals surface area contributed by atoms with Crippen molar-refractivity contribution in [3.8, 4) is 5.75 Å². The van der Waals surface area contributed by atoms with Crippen LogP contribution in [-0.4, -0.2) is 41.6 Å². The monoisotopic (exact) mass is 435 g/mol. The second-order valence-electron chi connectivity index (χ2n) is 7.68. The molecule has 2 fully saturated rings. The highest BCUT2D eigenvalue weighted by molar-refractivity contribution is 6.05. The minimum atomic E-state index is -4.80. The minimum Gasteiger partial charge on any atom is -0.406 e. The molecule has 31 heavy (non-hydrogen) atoms. The Labute approximate surface area is 173 Å². The molecule has 2 aromatic rings. The van der Waals surface area contributed by atoms with Gasteiger partial charge in [-0.15, -0.1) is 13.2 Å². The van der Waals surface area contributed by atoms with E-state index in [9.17, 15) is 22.8 Å². The van der Waals surface area contributed by atoms with Crippen molar-refractivity contribution in [1.82, 2.24) is 5.16 Å². The summed E-state index contributed by atoms with van der Waals surface area (Å²) in [5.74, 6) is -1.79. The van der Waals surface area contributed by atoms with Gasteiger partial charge in [0.05, 0.1) is 24.5 Å². The van der Waals surface area contributed by atoms with Crippen LogP contribution in [-0.2, 0) is 14.3 Å². The molecule has 1 aromatic heterocycles. The molecule has 1 aromatic carbocycles. The number of rotatable bonds is 4. The fourth-order valence-corrected chi connectivity index (χ4v) is 4.44. The number of hydrogen-bond donors (Lipinski definition) is 1. The van der Waals surface area contributed by atoms with Crippen LogP contribution in [0.25, 0.3) is 0 Å². The molecule has 0 radical (unpaired) electrons. The highest BCUT2D eigenvalue weighted by Gasteiger charge is 2.67. The minimum absolute atomic E-state index is 0.211. The fraction of sp³-hybridized carbons (Fsp3) is 0.350.